The number of aliphatic hydroxyl groups excluding tert-OH is 2. The summed E-state index contributed by atoms with van der Waals surface area (Å²) in [5.74, 6) is -2.68. The molecule has 0 aromatic carbocycles. The fraction of sp³-hybridized carbons (Fsp3) is 0.917. The Morgan fingerprint density at radius 1 is 0.903 bits per heavy atom. The van der Waals surface area contributed by atoms with E-state index in [1.54, 1.807) is 0 Å². The van der Waals surface area contributed by atoms with Crippen molar-refractivity contribution in [2.75, 3.05) is 13.1 Å². The molecule has 1 aliphatic heterocycles. The minimum atomic E-state index is -2.16. The molecular weight excluding hydrogens is 398 g/mol. The number of ether oxygens (including phenoxy) is 1. The molecule has 31 heavy (non-hydrogen) atoms. The fourth-order valence-corrected chi connectivity index (χ4v) is 4.41. The highest BCUT2D eigenvalue weighted by atomic mass is 16.6. The number of carbonyl (C=O) groups excluding carboxylic acids is 1. The van der Waals surface area contributed by atoms with Crippen LogP contribution < -0.4 is 0 Å². The highest BCUT2D eigenvalue weighted by Gasteiger charge is 2.37. The number of hydrogen-bond donors (Lipinski definition) is 3. The number of aliphatic hydroxyl groups is 2. The molecule has 0 aromatic heterocycles. The number of carboxylic acids is 1. The van der Waals surface area contributed by atoms with Gasteiger partial charge >= 0.3 is 11.9 Å². The lowest BCUT2D eigenvalue weighted by molar-refractivity contribution is -0.177. The summed E-state index contributed by atoms with van der Waals surface area (Å²) < 4.78 is 5.55. The molecule has 182 valence electrons. The van der Waals surface area contributed by atoms with Gasteiger partial charge in [-0.3, -0.25) is 4.90 Å². The average molecular weight is 444 g/mol. The molecule has 7 heteroatoms. The van der Waals surface area contributed by atoms with Gasteiger partial charge in [-0.15, -0.1) is 0 Å². The molecule has 4 atom stereocenters. The summed E-state index contributed by atoms with van der Waals surface area (Å²) in [5.41, 5.74) is 0. The second-order valence-corrected chi connectivity index (χ2v) is 8.92. The minimum Gasteiger partial charge on any atom is -0.479 e. The molecule has 0 aliphatic carbocycles. The number of piperidine rings is 1. The average Bonchev–Trinajstić information content (AvgIpc) is 2.76. The van der Waals surface area contributed by atoms with Crippen molar-refractivity contribution in [1.29, 1.82) is 0 Å². The van der Waals surface area contributed by atoms with Gasteiger partial charge in [0, 0.05) is 6.04 Å². The van der Waals surface area contributed by atoms with Crippen LogP contribution >= 0.6 is 0 Å². The van der Waals surface area contributed by atoms with Gasteiger partial charge in [-0.2, -0.15) is 0 Å². The van der Waals surface area contributed by atoms with Crippen LogP contribution in [0.25, 0.3) is 0 Å². The van der Waals surface area contributed by atoms with Gasteiger partial charge in [-0.25, -0.2) is 9.59 Å². The number of rotatable bonds is 17. The summed E-state index contributed by atoms with van der Waals surface area (Å²) >= 11 is 0. The van der Waals surface area contributed by atoms with Gasteiger partial charge in [-0.1, -0.05) is 78.1 Å². The number of hydrogen-bond acceptors (Lipinski definition) is 6. The van der Waals surface area contributed by atoms with Crippen molar-refractivity contribution in [3.8, 4) is 0 Å². The molecule has 1 aliphatic rings. The van der Waals surface area contributed by atoms with Crippen molar-refractivity contribution in [3.05, 3.63) is 0 Å². The van der Waals surface area contributed by atoms with Gasteiger partial charge in [0.05, 0.1) is 0 Å². The second-order valence-electron chi connectivity index (χ2n) is 8.92. The van der Waals surface area contributed by atoms with Crippen LogP contribution in [0.1, 0.15) is 104 Å². The maximum Gasteiger partial charge on any atom is 0.338 e. The van der Waals surface area contributed by atoms with Crippen molar-refractivity contribution < 1.29 is 29.6 Å². The zero-order valence-corrected chi connectivity index (χ0v) is 19.6. The van der Waals surface area contributed by atoms with Crippen LogP contribution in [0.15, 0.2) is 0 Å². The Balaban J connectivity index is 2.66. The molecule has 0 spiro atoms. The van der Waals surface area contributed by atoms with E-state index in [1.807, 2.05) is 0 Å². The largest absolute Gasteiger partial charge is 0.479 e. The van der Waals surface area contributed by atoms with Gasteiger partial charge < -0.3 is 20.1 Å². The third-order valence-electron chi connectivity index (χ3n) is 6.30. The van der Waals surface area contributed by atoms with Crippen LogP contribution in [0.2, 0.25) is 0 Å². The van der Waals surface area contributed by atoms with Crippen molar-refractivity contribution in [2.24, 2.45) is 0 Å². The van der Waals surface area contributed by atoms with Crippen LogP contribution in [-0.2, 0) is 14.3 Å². The first-order valence-electron chi connectivity index (χ1n) is 12.5. The lowest BCUT2D eigenvalue weighted by Gasteiger charge is -2.41. The van der Waals surface area contributed by atoms with E-state index >= 15 is 0 Å². The van der Waals surface area contributed by atoms with Crippen molar-refractivity contribution in [2.45, 2.75) is 128 Å². The van der Waals surface area contributed by atoms with E-state index in [-0.39, 0.29) is 12.1 Å². The van der Waals surface area contributed by atoms with Gasteiger partial charge in [0.25, 0.3) is 0 Å². The van der Waals surface area contributed by atoms with Gasteiger partial charge in [0.1, 0.15) is 6.10 Å². The van der Waals surface area contributed by atoms with Crippen molar-refractivity contribution >= 4 is 11.9 Å². The first-order chi connectivity index (χ1) is 14.9. The Morgan fingerprint density at radius 3 is 2.10 bits per heavy atom. The summed E-state index contributed by atoms with van der Waals surface area (Å²) in [6.45, 7) is 6.35. The molecule has 0 radical (unpaired) electrons. The molecule has 3 N–H and O–H groups in total. The number of likely N-dealkylation sites (tertiary alicyclic amines) is 1. The predicted molar refractivity (Wildman–Crippen MR) is 121 cm³/mol. The molecule has 7 nitrogen and oxygen atoms in total. The molecule has 1 rings (SSSR count). The summed E-state index contributed by atoms with van der Waals surface area (Å²) in [7, 11) is 0. The number of aliphatic carboxylic acids is 1. The van der Waals surface area contributed by atoms with Crippen LogP contribution in [0.4, 0.5) is 0 Å². The summed E-state index contributed by atoms with van der Waals surface area (Å²) in [6, 6.07) is 0.0872. The zero-order valence-electron chi connectivity index (χ0n) is 19.6. The van der Waals surface area contributed by atoms with E-state index in [9.17, 15) is 19.8 Å². The molecule has 0 aromatic rings. The third-order valence-corrected chi connectivity index (χ3v) is 6.30. The molecular formula is C24H45NO6. The molecule has 0 amide bonds. The van der Waals surface area contributed by atoms with E-state index in [1.165, 1.54) is 51.4 Å². The molecule has 0 saturated carbocycles. The normalized spacial score (nSPS) is 21.5. The first kappa shape index (κ1) is 27.9. The predicted octanol–water partition coefficient (Wildman–Crippen LogP) is 3.89. The Bertz CT molecular complexity index is 500. The quantitative estimate of drug-likeness (QED) is 0.231. The van der Waals surface area contributed by atoms with Gasteiger partial charge in [-0.05, 0) is 38.8 Å². The second kappa shape index (κ2) is 16.5. The summed E-state index contributed by atoms with van der Waals surface area (Å²) in [6.07, 6.45) is 11.1. The SMILES string of the molecule is CCCCCCCCN1CCCC(OC(=O)C(O)C(O)C(=O)O)C1CCCCCCC. The fourth-order valence-electron chi connectivity index (χ4n) is 4.41. The van der Waals surface area contributed by atoms with Crippen LogP contribution in [0, 0.1) is 0 Å². The Labute approximate surface area is 188 Å². The Morgan fingerprint density at radius 2 is 1.48 bits per heavy atom. The minimum absolute atomic E-state index is 0.0872. The lowest BCUT2D eigenvalue weighted by atomic mass is 9.93. The maximum atomic E-state index is 12.3. The summed E-state index contributed by atoms with van der Waals surface area (Å²) in [4.78, 5) is 25.6. The smallest absolute Gasteiger partial charge is 0.338 e. The maximum absolute atomic E-state index is 12.3. The number of esters is 1. The third kappa shape index (κ3) is 10.8. The summed E-state index contributed by atoms with van der Waals surface area (Å²) in [5, 5.41) is 28.2. The Kier molecular flexibility index (Phi) is 14.8. The van der Waals surface area contributed by atoms with Gasteiger partial charge in [0.2, 0.25) is 0 Å². The van der Waals surface area contributed by atoms with E-state index < -0.39 is 24.1 Å². The highest BCUT2D eigenvalue weighted by molar-refractivity contribution is 5.84. The van der Waals surface area contributed by atoms with Crippen molar-refractivity contribution in [1.82, 2.24) is 4.90 Å². The number of nitrogens with zero attached hydrogens (tertiary/aromatic N) is 1. The van der Waals surface area contributed by atoms with Gasteiger partial charge in [0.15, 0.2) is 12.2 Å². The van der Waals surface area contributed by atoms with E-state index in [0.29, 0.717) is 6.42 Å². The Hall–Kier alpha value is -1.18. The monoisotopic (exact) mass is 443 g/mol. The molecule has 1 heterocycles. The molecule has 1 saturated heterocycles. The number of carbonyl (C=O) groups is 2. The van der Waals surface area contributed by atoms with E-state index in [4.69, 9.17) is 9.84 Å². The highest BCUT2D eigenvalue weighted by Crippen LogP contribution is 2.26. The molecule has 4 unspecified atom stereocenters. The molecule has 1 fully saturated rings. The van der Waals surface area contributed by atoms with Crippen LogP contribution in [-0.4, -0.2) is 69.6 Å². The zero-order chi connectivity index (χ0) is 23.1. The van der Waals surface area contributed by atoms with Crippen LogP contribution in [0.3, 0.4) is 0 Å². The van der Waals surface area contributed by atoms with E-state index in [2.05, 4.69) is 18.7 Å². The van der Waals surface area contributed by atoms with Crippen molar-refractivity contribution in [3.63, 3.8) is 0 Å². The number of unbranched alkanes of at least 4 members (excludes halogenated alkanes) is 9. The molecule has 0 bridgehead atoms. The standard InChI is InChI=1S/C24H45NO6/c1-3-5-7-9-11-13-17-25-18-14-16-20(19(25)15-12-10-8-6-4-2)31-24(30)22(27)21(26)23(28)29/h19-22,26-27H,3-18H2,1-2H3,(H,28,29). The first-order valence-corrected chi connectivity index (χ1v) is 12.5. The topological polar surface area (TPSA) is 107 Å². The lowest BCUT2D eigenvalue weighted by Crippen LogP contribution is -2.52. The number of carboxylic acid groups (broad SMARTS) is 1. The van der Waals surface area contributed by atoms with Crippen LogP contribution in [0.5, 0.6) is 0 Å². The van der Waals surface area contributed by atoms with E-state index in [0.717, 1.165) is 45.2 Å².